The first-order valence-electron chi connectivity index (χ1n) is 2.56. The van der Waals surface area contributed by atoms with E-state index in [9.17, 15) is 0 Å². The summed E-state index contributed by atoms with van der Waals surface area (Å²) in [6.45, 7) is 0. The number of nitrogens with two attached hydrogens (primary N) is 1. The molecule has 0 aromatic heterocycles. The molecule has 1 aromatic rings. The Hall–Kier alpha value is 0.490. The molecule has 1 nitrogen and oxygen atoms in total. The highest BCUT2D eigenvalue weighted by Crippen LogP contribution is 2.30. The molecule has 0 aliphatic carbocycles. The molecule has 0 saturated carbocycles. The summed E-state index contributed by atoms with van der Waals surface area (Å²) in [5.74, 6) is 0. The smallest absolute Gasteiger partial charge is 0.0510 e. The van der Waals surface area contributed by atoms with Crippen LogP contribution < -0.4 is 5.14 Å². The van der Waals surface area contributed by atoms with E-state index in [0.717, 1.165) is 13.8 Å². The summed E-state index contributed by atoms with van der Waals surface area (Å²) in [6.07, 6.45) is 0. The molecule has 0 amide bonds. The van der Waals surface area contributed by atoms with E-state index in [1.54, 1.807) is 0 Å². The van der Waals surface area contributed by atoms with Crippen molar-refractivity contribution in [2.24, 2.45) is 5.14 Å². The minimum absolute atomic E-state index is 1.02. The summed E-state index contributed by atoms with van der Waals surface area (Å²) in [6, 6.07) is 5.87. The van der Waals surface area contributed by atoms with Gasteiger partial charge in [0.15, 0.2) is 0 Å². The van der Waals surface area contributed by atoms with Crippen molar-refractivity contribution in [2.45, 2.75) is 4.90 Å². The highest BCUT2D eigenvalue weighted by molar-refractivity contribution is 9.11. The Kier molecular flexibility index (Phi) is 3.23. The molecule has 1 rings (SSSR count). The van der Waals surface area contributed by atoms with Gasteiger partial charge in [0.25, 0.3) is 0 Å². The Morgan fingerprint density at radius 1 is 1.20 bits per heavy atom. The molecular weight excluding hydrogens is 278 g/mol. The van der Waals surface area contributed by atoms with E-state index in [1.165, 1.54) is 11.9 Å². The molecule has 0 spiro atoms. The zero-order chi connectivity index (χ0) is 7.56. The average molecular weight is 283 g/mol. The third-order valence-corrected chi connectivity index (χ3v) is 3.56. The summed E-state index contributed by atoms with van der Waals surface area (Å²) in [5.41, 5.74) is 0. The maximum absolute atomic E-state index is 5.41. The van der Waals surface area contributed by atoms with Gasteiger partial charge in [-0.05, 0) is 55.9 Å². The SMILES string of the molecule is NSc1c(Br)cccc1Br. The van der Waals surface area contributed by atoms with Crippen LogP contribution in [0.25, 0.3) is 0 Å². The molecular formula is C6H5Br2NS. The number of benzene rings is 1. The van der Waals surface area contributed by atoms with Crippen molar-refractivity contribution in [3.63, 3.8) is 0 Å². The fraction of sp³-hybridized carbons (Fsp3) is 0. The Balaban J connectivity index is 3.17. The second kappa shape index (κ2) is 3.76. The van der Waals surface area contributed by atoms with E-state index in [1.807, 2.05) is 18.2 Å². The molecule has 10 heavy (non-hydrogen) atoms. The molecule has 0 atom stereocenters. The van der Waals surface area contributed by atoms with Crippen LogP contribution in [0.3, 0.4) is 0 Å². The largest absolute Gasteiger partial charge is 0.274 e. The highest BCUT2D eigenvalue weighted by atomic mass is 79.9. The predicted octanol–water partition coefficient (Wildman–Crippen LogP) is 3.18. The van der Waals surface area contributed by atoms with Gasteiger partial charge in [0, 0.05) is 8.95 Å². The van der Waals surface area contributed by atoms with Crippen LogP contribution in [-0.4, -0.2) is 0 Å². The Morgan fingerprint density at radius 3 is 2.00 bits per heavy atom. The lowest BCUT2D eigenvalue weighted by Gasteiger charge is -2.00. The van der Waals surface area contributed by atoms with Crippen molar-refractivity contribution < 1.29 is 0 Å². The molecule has 1 aromatic carbocycles. The van der Waals surface area contributed by atoms with Crippen LogP contribution in [0.1, 0.15) is 0 Å². The summed E-state index contributed by atoms with van der Waals surface area (Å²) < 4.78 is 2.05. The zero-order valence-corrected chi connectivity index (χ0v) is 8.96. The van der Waals surface area contributed by atoms with Gasteiger partial charge in [-0.15, -0.1) is 0 Å². The lowest BCUT2D eigenvalue weighted by atomic mass is 10.4. The van der Waals surface area contributed by atoms with Gasteiger partial charge in [-0.2, -0.15) is 0 Å². The van der Waals surface area contributed by atoms with Crippen LogP contribution in [0.4, 0.5) is 0 Å². The second-order valence-electron chi connectivity index (χ2n) is 1.67. The molecule has 54 valence electrons. The fourth-order valence-electron chi connectivity index (χ4n) is 0.595. The highest BCUT2D eigenvalue weighted by Gasteiger charge is 2.01. The third-order valence-electron chi connectivity index (χ3n) is 1.04. The molecule has 2 N–H and O–H groups in total. The molecule has 0 aliphatic rings. The van der Waals surface area contributed by atoms with Gasteiger partial charge in [0.2, 0.25) is 0 Å². The summed E-state index contributed by atoms with van der Waals surface area (Å²) in [4.78, 5) is 1.03. The average Bonchev–Trinajstić information content (AvgIpc) is 1.88. The monoisotopic (exact) mass is 281 g/mol. The summed E-state index contributed by atoms with van der Waals surface area (Å²) in [5, 5.41) is 5.41. The maximum atomic E-state index is 5.41. The van der Waals surface area contributed by atoms with Crippen LogP contribution in [-0.2, 0) is 0 Å². The van der Waals surface area contributed by atoms with E-state index in [2.05, 4.69) is 31.9 Å². The number of rotatable bonds is 1. The minimum atomic E-state index is 1.02. The maximum Gasteiger partial charge on any atom is 0.0510 e. The van der Waals surface area contributed by atoms with E-state index in [-0.39, 0.29) is 0 Å². The van der Waals surface area contributed by atoms with Gasteiger partial charge < -0.3 is 0 Å². The van der Waals surface area contributed by atoms with E-state index in [4.69, 9.17) is 5.14 Å². The minimum Gasteiger partial charge on any atom is -0.274 e. The molecule has 0 heterocycles. The lowest BCUT2D eigenvalue weighted by molar-refractivity contribution is 1.36. The van der Waals surface area contributed by atoms with Crippen molar-refractivity contribution in [3.8, 4) is 0 Å². The van der Waals surface area contributed by atoms with Crippen molar-refractivity contribution >= 4 is 43.8 Å². The topological polar surface area (TPSA) is 26.0 Å². The standard InChI is InChI=1S/C6H5Br2NS/c7-4-2-1-3-5(8)6(4)10-9/h1-3H,9H2. The molecule has 4 heteroatoms. The molecule has 0 saturated heterocycles. The van der Waals surface area contributed by atoms with Gasteiger partial charge in [0.1, 0.15) is 0 Å². The Labute approximate surface area is 80.8 Å². The number of hydrogen-bond acceptors (Lipinski definition) is 2. The fourth-order valence-corrected chi connectivity index (χ4v) is 2.52. The lowest BCUT2D eigenvalue weighted by Crippen LogP contribution is -1.82. The van der Waals surface area contributed by atoms with Crippen LogP contribution in [0.5, 0.6) is 0 Å². The van der Waals surface area contributed by atoms with E-state index in [0.29, 0.717) is 0 Å². The van der Waals surface area contributed by atoms with Gasteiger partial charge in [-0.1, -0.05) is 6.07 Å². The van der Waals surface area contributed by atoms with Crippen molar-refractivity contribution in [1.29, 1.82) is 0 Å². The molecule has 0 unspecified atom stereocenters. The zero-order valence-electron chi connectivity index (χ0n) is 4.97. The van der Waals surface area contributed by atoms with Gasteiger partial charge in [-0.25, -0.2) is 0 Å². The Bertz CT molecular complexity index is 219. The summed E-state index contributed by atoms with van der Waals surface area (Å²) >= 11 is 7.98. The third kappa shape index (κ3) is 1.75. The quantitative estimate of drug-likeness (QED) is 0.801. The van der Waals surface area contributed by atoms with Crippen molar-refractivity contribution in [3.05, 3.63) is 27.1 Å². The second-order valence-corrected chi connectivity index (χ2v) is 4.02. The molecule has 0 radical (unpaired) electrons. The Morgan fingerprint density at radius 2 is 1.70 bits per heavy atom. The van der Waals surface area contributed by atoms with Gasteiger partial charge in [-0.3, -0.25) is 5.14 Å². The van der Waals surface area contributed by atoms with Crippen LogP contribution >= 0.6 is 43.8 Å². The van der Waals surface area contributed by atoms with Crippen LogP contribution in [0.15, 0.2) is 32.0 Å². The van der Waals surface area contributed by atoms with E-state index >= 15 is 0 Å². The molecule has 0 fully saturated rings. The normalized spacial score (nSPS) is 9.90. The van der Waals surface area contributed by atoms with Gasteiger partial charge in [0.05, 0.1) is 4.90 Å². The first-order chi connectivity index (χ1) is 4.75. The van der Waals surface area contributed by atoms with Crippen molar-refractivity contribution in [1.82, 2.24) is 0 Å². The van der Waals surface area contributed by atoms with Crippen molar-refractivity contribution in [2.75, 3.05) is 0 Å². The number of halogens is 2. The first-order valence-corrected chi connectivity index (χ1v) is 5.03. The summed E-state index contributed by atoms with van der Waals surface area (Å²) in [7, 11) is 0. The molecule has 0 aliphatic heterocycles. The molecule has 0 bridgehead atoms. The first kappa shape index (κ1) is 8.59. The van der Waals surface area contributed by atoms with Crippen LogP contribution in [0.2, 0.25) is 0 Å². The van der Waals surface area contributed by atoms with E-state index < -0.39 is 0 Å². The van der Waals surface area contributed by atoms with Crippen LogP contribution in [0, 0.1) is 0 Å². The number of hydrogen-bond donors (Lipinski definition) is 1. The predicted molar refractivity (Wildman–Crippen MR) is 51.9 cm³/mol. The van der Waals surface area contributed by atoms with Gasteiger partial charge >= 0.3 is 0 Å².